The minimum atomic E-state index is -4.04. The zero-order valence-electron chi connectivity index (χ0n) is 23.6. The standard InChI is InChI=1S/C32H32N4O6S2/c37-31-23-36(44(41,42)35-31)27-18-16-24(17-19-27)22-30(34-43(39,40)28-14-8-3-9-15-28)32(38)33-21-20-29(25-10-4-1-5-11-25)26-12-6-2-7-13-26/h1-19,23,29-30,34-35,37H,20-22H2,(H,33,38). The van der Waals surface area contributed by atoms with Crippen molar-refractivity contribution in [2.75, 3.05) is 10.8 Å². The van der Waals surface area contributed by atoms with Crippen LogP contribution in [0.4, 0.5) is 5.69 Å². The van der Waals surface area contributed by atoms with Gasteiger partial charge in [-0.25, -0.2) is 17.4 Å². The van der Waals surface area contributed by atoms with Crippen molar-refractivity contribution in [3.8, 4) is 0 Å². The molecule has 1 aliphatic rings. The van der Waals surface area contributed by atoms with Crippen LogP contribution in [0.2, 0.25) is 0 Å². The van der Waals surface area contributed by atoms with E-state index in [0.29, 0.717) is 18.5 Å². The fourth-order valence-electron chi connectivity index (χ4n) is 5.02. The average Bonchev–Trinajstić information content (AvgIpc) is 3.31. The number of sulfonamides is 1. The topological polar surface area (TPSA) is 145 Å². The summed E-state index contributed by atoms with van der Waals surface area (Å²) in [5.74, 6) is -0.981. The number of aliphatic hydroxyl groups is 1. The first-order chi connectivity index (χ1) is 21.1. The summed E-state index contributed by atoms with van der Waals surface area (Å²) in [5, 5.41) is 12.5. The van der Waals surface area contributed by atoms with Crippen molar-refractivity contribution in [1.29, 1.82) is 0 Å². The molecule has 0 saturated carbocycles. The zero-order chi connectivity index (χ0) is 31.2. The van der Waals surface area contributed by atoms with Gasteiger partial charge >= 0.3 is 10.2 Å². The van der Waals surface area contributed by atoms with E-state index in [1.165, 1.54) is 24.3 Å². The molecule has 1 atom stereocenters. The van der Waals surface area contributed by atoms with Crippen molar-refractivity contribution in [2.45, 2.75) is 29.7 Å². The number of hydrogen-bond donors (Lipinski definition) is 4. The fraction of sp³-hybridized carbons (Fsp3) is 0.156. The third-order valence-corrected chi connectivity index (χ3v) is 9.96. The van der Waals surface area contributed by atoms with Crippen molar-refractivity contribution in [1.82, 2.24) is 14.8 Å². The molecule has 12 heteroatoms. The van der Waals surface area contributed by atoms with Crippen LogP contribution in [-0.4, -0.2) is 40.4 Å². The quantitative estimate of drug-likeness (QED) is 0.186. The summed E-state index contributed by atoms with van der Waals surface area (Å²) in [5.41, 5.74) is 3.05. The molecule has 4 aromatic rings. The maximum Gasteiger partial charge on any atom is 0.330 e. The second-order valence-corrected chi connectivity index (χ2v) is 13.5. The Bertz CT molecular complexity index is 1780. The molecule has 4 aromatic carbocycles. The van der Waals surface area contributed by atoms with Gasteiger partial charge in [0.05, 0.1) is 16.8 Å². The maximum atomic E-state index is 13.5. The molecule has 10 nitrogen and oxygen atoms in total. The molecule has 0 aromatic heterocycles. The van der Waals surface area contributed by atoms with Gasteiger partial charge in [-0.1, -0.05) is 91.0 Å². The molecular weight excluding hydrogens is 601 g/mol. The summed E-state index contributed by atoms with van der Waals surface area (Å²) < 4.78 is 56.3. The molecule has 1 aliphatic heterocycles. The van der Waals surface area contributed by atoms with Gasteiger partial charge in [0.15, 0.2) is 0 Å². The van der Waals surface area contributed by atoms with Gasteiger partial charge in [0.1, 0.15) is 6.04 Å². The van der Waals surface area contributed by atoms with E-state index in [0.717, 1.165) is 21.6 Å². The lowest BCUT2D eigenvalue weighted by atomic mass is 9.88. The van der Waals surface area contributed by atoms with Gasteiger partial charge in [-0.15, -0.1) is 0 Å². The Labute approximate surface area is 257 Å². The van der Waals surface area contributed by atoms with Crippen molar-refractivity contribution in [2.24, 2.45) is 0 Å². The summed E-state index contributed by atoms with van der Waals surface area (Å²) in [6, 6.07) is 32.8. The Morgan fingerprint density at radius 1 is 0.818 bits per heavy atom. The number of nitrogens with zero attached hydrogens (tertiary/aromatic N) is 1. The summed E-state index contributed by atoms with van der Waals surface area (Å²) >= 11 is 0. The van der Waals surface area contributed by atoms with Gasteiger partial charge in [0, 0.05) is 12.5 Å². The van der Waals surface area contributed by atoms with E-state index in [4.69, 9.17) is 0 Å². The number of carbonyl (C=O) groups is 1. The van der Waals surface area contributed by atoms with Crippen LogP contribution in [0.25, 0.3) is 0 Å². The highest BCUT2D eigenvalue weighted by molar-refractivity contribution is 7.91. The molecule has 5 rings (SSSR count). The van der Waals surface area contributed by atoms with Crippen LogP contribution >= 0.6 is 0 Å². The predicted octanol–water partition coefficient (Wildman–Crippen LogP) is 3.93. The normalized spacial score (nSPS) is 14.9. The minimum Gasteiger partial charge on any atom is -0.493 e. The first kappa shape index (κ1) is 30.8. The van der Waals surface area contributed by atoms with Crippen LogP contribution in [0.5, 0.6) is 0 Å². The van der Waals surface area contributed by atoms with Crippen LogP contribution in [0.3, 0.4) is 0 Å². The smallest absolute Gasteiger partial charge is 0.330 e. The highest BCUT2D eigenvalue weighted by Gasteiger charge is 2.29. The Kier molecular flexibility index (Phi) is 9.33. The van der Waals surface area contributed by atoms with Gasteiger partial charge < -0.3 is 10.4 Å². The number of aliphatic hydroxyl groups excluding tert-OH is 1. The van der Waals surface area contributed by atoms with Gasteiger partial charge in [-0.2, -0.15) is 13.1 Å². The first-order valence-electron chi connectivity index (χ1n) is 13.9. The summed E-state index contributed by atoms with van der Waals surface area (Å²) in [6.45, 7) is 0.297. The molecule has 1 heterocycles. The highest BCUT2D eigenvalue weighted by Crippen LogP contribution is 2.27. The molecule has 0 radical (unpaired) electrons. The summed E-state index contributed by atoms with van der Waals surface area (Å²) in [7, 11) is -8.00. The maximum absolute atomic E-state index is 13.5. The van der Waals surface area contributed by atoms with E-state index in [9.17, 15) is 26.7 Å². The molecule has 44 heavy (non-hydrogen) atoms. The molecule has 0 aliphatic carbocycles. The first-order valence-corrected chi connectivity index (χ1v) is 16.8. The number of amides is 1. The molecule has 0 spiro atoms. The van der Waals surface area contributed by atoms with Crippen molar-refractivity contribution in [3.05, 3.63) is 144 Å². The molecule has 4 N–H and O–H groups in total. The van der Waals surface area contributed by atoms with E-state index in [-0.39, 0.29) is 22.9 Å². The molecular formula is C32H32N4O6S2. The molecule has 1 unspecified atom stereocenters. The van der Waals surface area contributed by atoms with Crippen LogP contribution in [0.15, 0.2) is 132 Å². The number of nitrogens with one attached hydrogen (secondary N) is 3. The van der Waals surface area contributed by atoms with E-state index < -0.39 is 38.1 Å². The Morgan fingerprint density at radius 3 is 1.89 bits per heavy atom. The van der Waals surface area contributed by atoms with Gasteiger partial charge in [0.2, 0.25) is 21.8 Å². The van der Waals surface area contributed by atoms with Crippen LogP contribution < -0.4 is 19.1 Å². The Hall–Kier alpha value is -4.65. The van der Waals surface area contributed by atoms with Crippen LogP contribution in [0.1, 0.15) is 29.0 Å². The number of carbonyl (C=O) groups excluding carboxylic acids is 1. The third-order valence-electron chi connectivity index (χ3n) is 7.17. The molecule has 0 bridgehead atoms. The van der Waals surface area contributed by atoms with E-state index in [2.05, 4.69) is 10.0 Å². The minimum absolute atomic E-state index is 0.00503. The Morgan fingerprint density at radius 2 is 1.36 bits per heavy atom. The molecule has 1 amide bonds. The predicted molar refractivity (Wildman–Crippen MR) is 168 cm³/mol. The second kappa shape index (κ2) is 13.3. The zero-order valence-corrected chi connectivity index (χ0v) is 25.2. The number of anilines is 1. The fourth-order valence-corrected chi connectivity index (χ4v) is 7.29. The monoisotopic (exact) mass is 632 g/mol. The van der Waals surface area contributed by atoms with E-state index in [1.807, 2.05) is 65.4 Å². The van der Waals surface area contributed by atoms with Crippen molar-refractivity contribution >= 4 is 31.8 Å². The largest absolute Gasteiger partial charge is 0.493 e. The summed E-state index contributed by atoms with van der Waals surface area (Å²) in [6.07, 6.45) is 1.63. The number of benzene rings is 4. The van der Waals surface area contributed by atoms with Crippen molar-refractivity contribution < 1.29 is 26.7 Å². The lowest BCUT2D eigenvalue weighted by molar-refractivity contribution is -0.122. The van der Waals surface area contributed by atoms with Gasteiger partial charge in [0.25, 0.3) is 0 Å². The van der Waals surface area contributed by atoms with Crippen LogP contribution in [0, 0.1) is 0 Å². The second-order valence-electron chi connectivity index (χ2n) is 10.2. The average molecular weight is 633 g/mol. The Balaban J connectivity index is 1.33. The highest BCUT2D eigenvalue weighted by atomic mass is 32.2. The van der Waals surface area contributed by atoms with Crippen LogP contribution in [-0.2, 0) is 31.4 Å². The third kappa shape index (κ3) is 7.46. The molecule has 228 valence electrons. The van der Waals surface area contributed by atoms with E-state index in [1.54, 1.807) is 30.3 Å². The summed E-state index contributed by atoms with van der Waals surface area (Å²) in [4.78, 5) is 13.6. The van der Waals surface area contributed by atoms with Crippen molar-refractivity contribution in [3.63, 3.8) is 0 Å². The number of rotatable bonds is 12. The van der Waals surface area contributed by atoms with Gasteiger partial charge in [-0.3, -0.25) is 4.79 Å². The molecule has 0 fully saturated rings. The van der Waals surface area contributed by atoms with Gasteiger partial charge in [-0.05, 0) is 53.8 Å². The SMILES string of the molecule is O=C(NCCC(c1ccccc1)c1ccccc1)C(Cc1ccc(N2C=C(O)NS2(=O)=O)cc1)NS(=O)(=O)c1ccccc1. The lowest BCUT2D eigenvalue weighted by Crippen LogP contribution is -2.48. The lowest BCUT2D eigenvalue weighted by Gasteiger charge is -2.21. The van der Waals surface area contributed by atoms with E-state index >= 15 is 0 Å². The number of hydrogen-bond acceptors (Lipinski definition) is 6. The molecule has 0 saturated heterocycles.